The molecule has 0 saturated carbocycles. The van der Waals surface area contributed by atoms with Gasteiger partial charge in [0.15, 0.2) is 5.70 Å². The lowest BCUT2D eigenvalue weighted by molar-refractivity contribution is -0.129. The Labute approximate surface area is 113 Å². The number of carbonyl (C=O) groups excluding carboxylic acids is 1. The molecular weight excluding hydrogens is 262 g/mol. The normalized spacial score (nSPS) is 16.6. The number of nitrogens with zero attached hydrogens (tertiary/aromatic N) is 3. The quantitative estimate of drug-likeness (QED) is 0.620. The Morgan fingerprint density at radius 3 is 2.74 bits per heavy atom. The van der Waals surface area contributed by atoms with E-state index in [2.05, 4.69) is 14.6 Å². The fraction of sp³-hybridized carbons (Fsp3) is 0.0769. The van der Waals surface area contributed by atoms with Crippen molar-refractivity contribution in [3.8, 4) is 0 Å². The molecule has 0 amide bonds. The molecule has 1 aromatic heterocycles. The van der Waals surface area contributed by atoms with Gasteiger partial charge in [-0.25, -0.2) is 9.79 Å². The number of ether oxygens (including phenoxy) is 1. The average Bonchev–Trinajstić information content (AvgIpc) is 2.99. The van der Waals surface area contributed by atoms with Gasteiger partial charge in [-0.05, 0) is 36.7 Å². The van der Waals surface area contributed by atoms with Crippen molar-refractivity contribution in [3.63, 3.8) is 0 Å². The first-order chi connectivity index (χ1) is 9.24. The third kappa shape index (κ3) is 2.30. The number of benzene rings is 1. The van der Waals surface area contributed by atoms with Crippen molar-refractivity contribution in [1.82, 2.24) is 9.59 Å². The van der Waals surface area contributed by atoms with Gasteiger partial charge >= 0.3 is 5.97 Å². The monoisotopic (exact) mass is 271 g/mol. The van der Waals surface area contributed by atoms with Crippen LogP contribution in [0.1, 0.15) is 16.1 Å². The van der Waals surface area contributed by atoms with E-state index < -0.39 is 5.97 Å². The SMILES string of the molecule is Cc1nnsc1/C=C1\N=C(c2ccccc2)OC1=O. The van der Waals surface area contributed by atoms with Gasteiger partial charge in [-0.2, -0.15) is 0 Å². The molecule has 0 saturated heterocycles. The van der Waals surface area contributed by atoms with Gasteiger partial charge in [-0.3, -0.25) is 0 Å². The molecule has 19 heavy (non-hydrogen) atoms. The lowest BCUT2D eigenvalue weighted by Gasteiger charge is -1.97. The van der Waals surface area contributed by atoms with E-state index in [1.165, 1.54) is 11.5 Å². The Morgan fingerprint density at radius 2 is 2.05 bits per heavy atom. The van der Waals surface area contributed by atoms with Crippen molar-refractivity contribution >= 4 is 29.5 Å². The summed E-state index contributed by atoms with van der Waals surface area (Å²) < 4.78 is 8.97. The van der Waals surface area contributed by atoms with E-state index in [0.29, 0.717) is 5.90 Å². The minimum Gasteiger partial charge on any atom is -0.402 e. The average molecular weight is 271 g/mol. The van der Waals surface area contributed by atoms with Crippen molar-refractivity contribution in [1.29, 1.82) is 0 Å². The number of aryl methyl sites for hydroxylation is 1. The summed E-state index contributed by atoms with van der Waals surface area (Å²) >= 11 is 1.22. The molecule has 1 aromatic carbocycles. The van der Waals surface area contributed by atoms with Crippen LogP contribution < -0.4 is 0 Å². The molecule has 0 unspecified atom stereocenters. The summed E-state index contributed by atoms with van der Waals surface area (Å²) in [5, 5.41) is 3.88. The van der Waals surface area contributed by atoms with Gasteiger partial charge in [-0.15, -0.1) is 5.10 Å². The highest BCUT2D eigenvalue weighted by Crippen LogP contribution is 2.21. The number of aliphatic imine (C=N–C) groups is 1. The van der Waals surface area contributed by atoms with Crippen LogP contribution in [0.25, 0.3) is 6.08 Å². The minimum absolute atomic E-state index is 0.271. The Balaban J connectivity index is 1.96. The van der Waals surface area contributed by atoms with Gasteiger partial charge < -0.3 is 4.74 Å². The van der Waals surface area contributed by atoms with Crippen LogP contribution in [0.2, 0.25) is 0 Å². The first-order valence-electron chi connectivity index (χ1n) is 5.61. The number of rotatable bonds is 2. The summed E-state index contributed by atoms with van der Waals surface area (Å²) in [7, 11) is 0. The highest BCUT2D eigenvalue weighted by molar-refractivity contribution is 7.06. The maximum absolute atomic E-state index is 11.8. The number of carbonyl (C=O) groups is 1. The molecule has 1 aliphatic rings. The van der Waals surface area contributed by atoms with E-state index in [4.69, 9.17) is 4.74 Å². The number of hydrogen-bond acceptors (Lipinski definition) is 6. The van der Waals surface area contributed by atoms with Crippen molar-refractivity contribution < 1.29 is 9.53 Å². The topological polar surface area (TPSA) is 64.4 Å². The van der Waals surface area contributed by atoms with Gasteiger partial charge in [0.25, 0.3) is 0 Å². The second-order valence-corrected chi connectivity index (χ2v) is 4.71. The maximum atomic E-state index is 11.8. The minimum atomic E-state index is -0.452. The lowest BCUT2D eigenvalue weighted by Crippen LogP contribution is -2.04. The molecule has 0 fully saturated rings. The first-order valence-corrected chi connectivity index (χ1v) is 6.38. The van der Waals surface area contributed by atoms with Crippen LogP contribution in [0.3, 0.4) is 0 Å². The molecule has 1 aliphatic heterocycles. The zero-order chi connectivity index (χ0) is 13.2. The number of hydrogen-bond donors (Lipinski definition) is 0. The zero-order valence-electron chi connectivity index (χ0n) is 10.0. The summed E-state index contributed by atoms with van der Waals surface area (Å²) in [4.78, 5) is 16.8. The molecule has 94 valence electrons. The lowest BCUT2D eigenvalue weighted by atomic mass is 10.2. The Hall–Kier alpha value is -2.34. The summed E-state index contributed by atoms with van der Waals surface area (Å²) in [6.45, 7) is 1.83. The van der Waals surface area contributed by atoms with E-state index in [-0.39, 0.29) is 5.70 Å². The van der Waals surface area contributed by atoms with Crippen LogP contribution >= 0.6 is 11.5 Å². The third-order valence-corrected chi connectivity index (χ3v) is 3.37. The van der Waals surface area contributed by atoms with E-state index in [1.54, 1.807) is 6.08 Å². The highest BCUT2D eigenvalue weighted by atomic mass is 32.1. The molecule has 0 spiro atoms. The molecule has 0 aliphatic carbocycles. The molecule has 0 bridgehead atoms. The highest BCUT2D eigenvalue weighted by Gasteiger charge is 2.24. The van der Waals surface area contributed by atoms with Crippen LogP contribution in [0, 0.1) is 6.92 Å². The summed E-state index contributed by atoms with van der Waals surface area (Å²) in [6.07, 6.45) is 1.65. The molecule has 0 atom stereocenters. The Bertz CT molecular complexity index is 689. The van der Waals surface area contributed by atoms with Crippen LogP contribution in [-0.2, 0) is 9.53 Å². The fourth-order valence-corrected chi connectivity index (χ4v) is 2.20. The van der Waals surface area contributed by atoms with Gasteiger partial charge in [0.05, 0.1) is 10.6 Å². The summed E-state index contributed by atoms with van der Waals surface area (Å²) in [5.41, 5.74) is 1.82. The fourth-order valence-electron chi connectivity index (χ4n) is 1.61. The molecular formula is C13H9N3O2S. The van der Waals surface area contributed by atoms with Crippen molar-refractivity contribution in [2.75, 3.05) is 0 Å². The number of esters is 1. The first kappa shape index (κ1) is 11.7. The van der Waals surface area contributed by atoms with Crippen molar-refractivity contribution in [2.45, 2.75) is 6.92 Å². The van der Waals surface area contributed by atoms with Crippen molar-refractivity contribution in [2.24, 2.45) is 4.99 Å². The van der Waals surface area contributed by atoms with E-state index in [1.807, 2.05) is 37.3 Å². The van der Waals surface area contributed by atoms with Gasteiger partial charge in [-0.1, -0.05) is 22.7 Å². The molecule has 6 heteroatoms. The van der Waals surface area contributed by atoms with Gasteiger partial charge in [0.1, 0.15) is 0 Å². The van der Waals surface area contributed by atoms with E-state index in [9.17, 15) is 4.79 Å². The molecule has 3 rings (SSSR count). The van der Waals surface area contributed by atoms with E-state index in [0.717, 1.165) is 16.1 Å². The molecule has 5 nitrogen and oxygen atoms in total. The molecule has 2 heterocycles. The summed E-state index contributed by atoms with van der Waals surface area (Å²) in [5.74, 6) is -0.126. The maximum Gasteiger partial charge on any atom is 0.363 e. The molecule has 0 N–H and O–H groups in total. The molecule has 0 radical (unpaired) electrons. The van der Waals surface area contributed by atoms with Gasteiger partial charge in [0, 0.05) is 5.56 Å². The van der Waals surface area contributed by atoms with Crippen LogP contribution in [-0.4, -0.2) is 21.5 Å². The van der Waals surface area contributed by atoms with Crippen molar-refractivity contribution in [3.05, 3.63) is 52.2 Å². The van der Waals surface area contributed by atoms with Crippen LogP contribution in [0.15, 0.2) is 41.0 Å². The number of cyclic esters (lactones) is 1. The largest absolute Gasteiger partial charge is 0.402 e. The van der Waals surface area contributed by atoms with Crippen LogP contribution in [0.5, 0.6) is 0 Å². The predicted molar refractivity (Wildman–Crippen MR) is 71.7 cm³/mol. The van der Waals surface area contributed by atoms with Gasteiger partial charge in [0.2, 0.25) is 5.90 Å². The Kier molecular flexibility index (Phi) is 2.92. The smallest absolute Gasteiger partial charge is 0.363 e. The number of aromatic nitrogens is 2. The predicted octanol–water partition coefficient (Wildman–Crippen LogP) is 2.19. The third-order valence-electron chi connectivity index (χ3n) is 2.60. The van der Waals surface area contributed by atoms with Crippen LogP contribution in [0.4, 0.5) is 0 Å². The Morgan fingerprint density at radius 1 is 1.26 bits per heavy atom. The standard InChI is InChI=1S/C13H9N3O2S/c1-8-11(19-16-15-8)7-10-13(17)18-12(14-10)9-5-3-2-4-6-9/h2-7H,1H3/b10-7-. The second kappa shape index (κ2) is 4.74. The second-order valence-electron chi connectivity index (χ2n) is 3.92. The summed E-state index contributed by atoms with van der Waals surface area (Å²) in [6, 6.07) is 9.31. The zero-order valence-corrected chi connectivity index (χ0v) is 10.8. The van der Waals surface area contributed by atoms with E-state index >= 15 is 0 Å². The molecule has 2 aromatic rings.